The minimum atomic E-state index is 0.458. The van der Waals surface area contributed by atoms with Crippen LogP contribution in [0.3, 0.4) is 0 Å². The lowest BCUT2D eigenvalue weighted by Crippen LogP contribution is -1.98. The first-order chi connectivity index (χ1) is 23.2. The minimum Gasteiger partial charge on any atom is -0.309 e. The Kier molecular flexibility index (Phi) is 6.36. The Labute approximate surface area is 274 Å². The van der Waals surface area contributed by atoms with Crippen LogP contribution in [-0.2, 0) is 0 Å². The fourth-order valence-electron chi connectivity index (χ4n) is 7.46. The number of fused-ring (bicyclic) bond motifs is 6. The van der Waals surface area contributed by atoms with Crippen LogP contribution >= 0.6 is 0 Å². The van der Waals surface area contributed by atoms with Crippen LogP contribution in [0, 0.1) is 0 Å². The molecule has 2 nitrogen and oxygen atoms in total. The van der Waals surface area contributed by atoms with E-state index in [1.165, 1.54) is 82.8 Å². The van der Waals surface area contributed by atoms with E-state index in [2.05, 4.69) is 187 Å². The molecule has 2 heterocycles. The third-order valence-electron chi connectivity index (χ3n) is 9.73. The van der Waals surface area contributed by atoms with Gasteiger partial charge in [0.2, 0.25) is 0 Å². The first-order valence-corrected chi connectivity index (χ1v) is 16.5. The highest BCUT2D eigenvalue weighted by atomic mass is 15.0. The largest absolute Gasteiger partial charge is 0.309 e. The van der Waals surface area contributed by atoms with E-state index in [1.807, 2.05) is 0 Å². The quantitative estimate of drug-likeness (QED) is 0.185. The van der Waals surface area contributed by atoms with Gasteiger partial charge in [-0.1, -0.05) is 135 Å². The summed E-state index contributed by atoms with van der Waals surface area (Å²) < 4.78 is 4.84. The molecule has 0 bridgehead atoms. The highest BCUT2D eigenvalue weighted by Crippen LogP contribution is 2.40. The summed E-state index contributed by atoms with van der Waals surface area (Å²) in [6, 6.07) is 59.8. The molecule has 0 spiro atoms. The van der Waals surface area contributed by atoms with Gasteiger partial charge in [0.25, 0.3) is 0 Å². The van der Waals surface area contributed by atoms with E-state index in [9.17, 15) is 0 Å². The normalized spacial score (nSPS) is 11.8. The van der Waals surface area contributed by atoms with Crippen molar-refractivity contribution in [2.24, 2.45) is 0 Å². The van der Waals surface area contributed by atoms with Gasteiger partial charge in [-0.05, 0) is 70.6 Å². The van der Waals surface area contributed by atoms with Crippen molar-refractivity contribution in [2.75, 3.05) is 0 Å². The number of aromatic nitrogens is 2. The lowest BCUT2D eigenvalue weighted by Gasteiger charge is -2.15. The van der Waals surface area contributed by atoms with Gasteiger partial charge in [-0.3, -0.25) is 0 Å². The zero-order chi connectivity index (χ0) is 31.5. The molecule has 0 saturated carbocycles. The summed E-state index contributed by atoms with van der Waals surface area (Å²) in [6.07, 6.45) is 0. The summed E-state index contributed by atoms with van der Waals surface area (Å²) in [6.45, 7) is 4.53. The van der Waals surface area contributed by atoms with Crippen molar-refractivity contribution in [3.05, 3.63) is 169 Å². The lowest BCUT2D eigenvalue weighted by atomic mass is 9.96. The molecule has 2 aromatic heterocycles. The number of nitrogens with zero attached hydrogens (tertiary/aromatic N) is 2. The summed E-state index contributed by atoms with van der Waals surface area (Å²) in [7, 11) is 0. The van der Waals surface area contributed by atoms with Gasteiger partial charge in [0.15, 0.2) is 0 Å². The summed E-state index contributed by atoms with van der Waals surface area (Å²) in [5.74, 6) is 0.458. The van der Waals surface area contributed by atoms with Crippen LogP contribution in [0.2, 0.25) is 0 Å². The van der Waals surface area contributed by atoms with Crippen molar-refractivity contribution in [1.82, 2.24) is 9.13 Å². The topological polar surface area (TPSA) is 9.86 Å². The Balaban J connectivity index is 1.21. The lowest BCUT2D eigenvalue weighted by molar-refractivity contribution is 0.868. The third-order valence-corrected chi connectivity index (χ3v) is 9.73. The molecule has 0 aliphatic heterocycles. The summed E-state index contributed by atoms with van der Waals surface area (Å²) >= 11 is 0. The third kappa shape index (κ3) is 4.33. The first kappa shape index (κ1) is 27.5. The van der Waals surface area contributed by atoms with E-state index in [1.54, 1.807) is 0 Å². The van der Waals surface area contributed by atoms with E-state index >= 15 is 0 Å². The molecule has 0 radical (unpaired) electrons. The molecule has 0 aliphatic carbocycles. The molecule has 0 unspecified atom stereocenters. The van der Waals surface area contributed by atoms with Crippen molar-refractivity contribution >= 4 is 43.6 Å². The van der Waals surface area contributed by atoms with Crippen LogP contribution < -0.4 is 0 Å². The molecule has 0 amide bonds. The number of hydrogen-bond acceptors (Lipinski definition) is 0. The predicted octanol–water partition coefficient (Wildman–Crippen LogP) is 12.3. The second kappa shape index (κ2) is 10.9. The van der Waals surface area contributed by atoms with Gasteiger partial charge in [-0.25, -0.2) is 0 Å². The molecule has 9 rings (SSSR count). The molecule has 0 fully saturated rings. The van der Waals surface area contributed by atoms with Gasteiger partial charge >= 0.3 is 0 Å². The van der Waals surface area contributed by atoms with E-state index in [4.69, 9.17) is 0 Å². The molecular weight excluding hydrogens is 569 g/mol. The molecule has 0 saturated heterocycles. The molecule has 47 heavy (non-hydrogen) atoms. The van der Waals surface area contributed by atoms with Gasteiger partial charge in [0.1, 0.15) is 0 Å². The van der Waals surface area contributed by atoms with Crippen molar-refractivity contribution < 1.29 is 0 Å². The molecule has 0 atom stereocenters. The maximum atomic E-state index is 2.46. The fourth-order valence-corrected chi connectivity index (χ4v) is 7.46. The number of benzene rings is 7. The van der Waals surface area contributed by atoms with Crippen LogP contribution in [0.4, 0.5) is 0 Å². The molecular formula is C45H34N2. The van der Waals surface area contributed by atoms with Gasteiger partial charge in [0, 0.05) is 32.8 Å². The monoisotopic (exact) mass is 602 g/mol. The Hall–Kier alpha value is -5.86. The average molecular weight is 603 g/mol. The van der Waals surface area contributed by atoms with Crippen molar-refractivity contribution in [3.63, 3.8) is 0 Å². The Morgan fingerprint density at radius 3 is 1.74 bits per heavy atom. The van der Waals surface area contributed by atoms with Crippen LogP contribution in [0.25, 0.3) is 77.2 Å². The summed E-state index contributed by atoms with van der Waals surface area (Å²) in [5, 5.41) is 5.12. The Morgan fingerprint density at radius 2 is 0.979 bits per heavy atom. The van der Waals surface area contributed by atoms with E-state index in [0.29, 0.717) is 5.92 Å². The molecule has 9 aromatic rings. The molecule has 0 aliphatic rings. The molecule has 224 valence electrons. The zero-order valence-electron chi connectivity index (χ0n) is 26.6. The maximum Gasteiger partial charge on any atom is 0.0547 e. The number of hydrogen-bond donors (Lipinski definition) is 0. The van der Waals surface area contributed by atoms with Crippen molar-refractivity contribution in [2.45, 2.75) is 19.8 Å². The maximum absolute atomic E-state index is 2.46. The smallest absolute Gasteiger partial charge is 0.0547 e. The molecule has 2 heteroatoms. The zero-order valence-corrected chi connectivity index (χ0v) is 26.6. The van der Waals surface area contributed by atoms with E-state index in [-0.39, 0.29) is 0 Å². The Bertz CT molecular complexity index is 2580. The van der Waals surface area contributed by atoms with E-state index in [0.717, 1.165) is 0 Å². The number of para-hydroxylation sites is 4. The van der Waals surface area contributed by atoms with Crippen LogP contribution in [0.15, 0.2) is 164 Å². The van der Waals surface area contributed by atoms with E-state index < -0.39 is 0 Å². The predicted molar refractivity (Wildman–Crippen MR) is 200 cm³/mol. The summed E-state index contributed by atoms with van der Waals surface area (Å²) in [5.41, 5.74) is 13.5. The average Bonchev–Trinajstić information content (AvgIpc) is 3.65. The van der Waals surface area contributed by atoms with Gasteiger partial charge in [0.05, 0.1) is 27.8 Å². The fraction of sp³-hybridized carbons (Fsp3) is 0.0667. The van der Waals surface area contributed by atoms with Crippen LogP contribution in [0.5, 0.6) is 0 Å². The second-order valence-corrected chi connectivity index (χ2v) is 12.8. The second-order valence-electron chi connectivity index (χ2n) is 12.8. The minimum absolute atomic E-state index is 0.458. The highest BCUT2D eigenvalue weighted by Gasteiger charge is 2.18. The number of rotatable bonds is 5. The molecule has 7 aromatic carbocycles. The summed E-state index contributed by atoms with van der Waals surface area (Å²) in [4.78, 5) is 0. The highest BCUT2D eigenvalue weighted by molar-refractivity contribution is 6.16. The van der Waals surface area contributed by atoms with Crippen molar-refractivity contribution in [3.8, 4) is 33.6 Å². The van der Waals surface area contributed by atoms with Gasteiger partial charge < -0.3 is 9.13 Å². The van der Waals surface area contributed by atoms with Crippen molar-refractivity contribution in [1.29, 1.82) is 0 Å². The molecule has 0 N–H and O–H groups in total. The van der Waals surface area contributed by atoms with Gasteiger partial charge in [-0.2, -0.15) is 0 Å². The Morgan fingerprint density at radius 1 is 0.404 bits per heavy atom. The van der Waals surface area contributed by atoms with Crippen LogP contribution in [0.1, 0.15) is 25.3 Å². The van der Waals surface area contributed by atoms with Crippen LogP contribution in [-0.4, -0.2) is 9.13 Å². The SMILES string of the molecule is CC(C)c1ccc2c3ccccc3n(-c3ccccc3-c3ccc(-c4cccc5c4c4ccccc4n5-c4ccccc4)cc3)c2c1. The first-order valence-electron chi connectivity index (χ1n) is 16.5. The van der Waals surface area contributed by atoms with Gasteiger partial charge in [-0.15, -0.1) is 0 Å². The standard InChI is InChI=1S/C45H34N2/c1-30(2)33-27-28-38-37-16-7-10-20-41(37)47(44(38)29-33)40-19-9-6-15-35(40)31-23-25-32(26-24-31)36-18-12-22-43-45(36)39-17-8-11-21-42(39)46(43)34-13-4-3-5-14-34/h3-30H,1-2H3.